The Bertz CT molecular complexity index is 1030. The number of carboxylic acid groups (broad SMARTS) is 1. The summed E-state index contributed by atoms with van der Waals surface area (Å²) in [4.78, 5) is 35.0. The van der Waals surface area contributed by atoms with Gasteiger partial charge in [0.15, 0.2) is 0 Å². The molecular weight excluding hydrogens is 465 g/mol. The number of rotatable bonds is 10. The van der Waals surface area contributed by atoms with Gasteiger partial charge in [0.05, 0.1) is 6.42 Å². The van der Waals surface area contributed by atoms with Crippen LogP contribution < -0.4 is 10.6 Å². The van der Waals surface area contributed by atoms with Crippen LogP contribution in [0.1, 0.15) is 49.7 Å². The number of carboxylic acids is 1. The second kappa shape index (κ2) is 11.2. The van der Waals surface area contributed by atoms with Crippen molar-refractivity contribution in [1.29, 1.82) is 0 Å². The summed E-state index contributed by atoms with van der Waals surface area (Å²) in [6.07, 6.45) is -6.63. The minimum Gasteiger partial charge on any atom is -0.481 e. The highest BCUT2D eigenvalue weighted by atomic mass is 19.4. The molecule has 0 bridgehead atoms. The second-order valence-corrected chi connectivity index (χ2v) is 8.37. The van der Waals surface area contributed by atoms with E-state index in [9.17, 15) is 27.6 Å². The van der Waals surface area contributed by atoms with Gasteiger partial charge < -0.3 is 20.5 Å². The number of nitrogens with one attached hydrogen (secondary N) is 2. The Balaban J connectivity index is 1.51. The molecule has 2 amide bonds. The number of alkyl halides is 3. The molecule has 10 heteroatoms. The summed E-state index contributed by atoms with van der Waals surface area (Å²) in [6.45, 7) is 1.87. The van der Waals surface area contributed by atoms with E-state index in [1.54, 1.807) is 12.2 Å². The van der Waals surface area contributed by atoms with Gasteiger partial charge in [0.25, 0.3) is 0 Å². The number of amides is 2. The average Bonchev–Trinajstić information content (AvgIpc) is 3.13. The average molecular weight is 492 g/mol. The van der Waals surface area contributed by atoms with Crippen LogP contribution in [0, 0.1) is 0 Å². The molecule has 2 aromatic carbocycles. The molecule has 0 aromatic heterocycles. The maximum absolute atomic E-state index is 12.9. The predicted molar refractivity (Wildman–Crippen MR) is 122 cm³/mol. The Hall–Kier alpha value is -3.56. The lowest BCUT2D eigenvalue weighted by Crippen LogP contribution is -2.47. The van der Waals surface area contributed by atoms with Crippen LogP contribution in [0.15, 0.2) is 48.5 Å². The van der Waals surface area contributed by atoms with Gasteiger partial charge in [0.1, 0.15) is 12.6 Å². The minimum absolute atomic E-state index is 0.0736. The van der Waals surface area contributed by atoms with Gasteiger partial charge in [-0.15, -0.1) is 0 Å². The van der Waals surface area contributed by atoms with E-state index in [2.05, 4.69) is 5.32 Å². The molecule has 0 spiro atoms. The lowest BCUT2D eigenvalue weighted by Gasteiger charge is -2.21. The minimum atomic E-state index is -4.88. The summed E-state index contributed by atoms with van der Waals surface area (Å²) in [5, 5.41) is 13.0. The number of fused-ring (bicyclic) bond motifs is 3. The normalized spacial score (nSPS) is 14.4. The fraction of sp³-hybridized carbons (Fsp3) is 0.400. The molecule has 1 aliphatic carbocycles. The largest absolute Gasteiger partial charge is 0.481 e. The highest BCUT2D eigenvalue weighted by molar-refractivity contribution is 5.79. The molecule has 3 N–H and O–H groups in total. The van der Waals surface area contributed by atoms with Crippen molar-refractivity contribution < 1.29 is 37.4 Å². The topological polar surface area (TPSA) is 105 Å². The number of carbonyl (C=O) groups excluding carboxylic acids is 2. The molecule has 0 heterocycles. The Morgan fingerprint density at radius 2 is 1.57 bits per heavy atom. The summed E-state index contributed by atoms with van der Waals surface area (Å²) in [5.74, 6) is -2.73. The first kappa shape index (κ1) is 26.1. The van der Waals surface area contributed by atoms with E-state index < -0.39 is 42.7 Å². The van der Waals surface area contributed by atoms with Gasteiger partial charge in [-0.2, -0.15) is 13.2 Å². The van der Waals surface area contributed by atoms with Crippen LogP contribution >= 0.6 is 0 Å². The van der Waals surface area contributed by atoms with E-state index in [4.69, 9.17) is 9.84 Å². The number of hydrogen-bond acceptors (Lipinski definition) is 4. The van der Waals surface area contributed by atoms with E-state index in [1.165, 1.54) is 0 Å². The molecule has 0 aliphatic heterocycles. The van der Waals surface area contributed by atoms with Crippen molar-refractivity contribution in [2.24, 2.45) is 0 Å². The van der Waals surface area contributed by atoms with Crippen LogP contribution in [0.25, 0.3) is 11.1 Å². The highest BCUT2D eigenvalue weighted by Gasteiger charge is 2.42. The third-order valence-electron chi connectivity index (χ3n) is 5.99. The van der Waals surface area contributed by atoms with Crippen LogP contribution in [0.4, 0.5) is 18.0 Å². The monoisotopic (exact) mass is 492 g/mol. The fourth-order valence-electron chi connectivity index (χ4n) is 4.18. The first-order chi connectivity index (χ1) is 16.6. The third-order valence-corrected chi connectivity index (χ3v) is 5.99. The van der Waals surface area contributed by atoms with Crippen molar-refractivity contribution in [1.82, 2.24) is 10.6 Å². The number of halogens is 3. The first-order valence-corrected chi connectivity index (χ1v) is 11.3. The maximum atomic E-state index is 12.9. The Labute approximate surface area is 200 Å². The Kier molecular flexibility index (Phi) is 8.37. The molecule has 0 saturated carbocycles. The predicted octanol–water partition coefficient (Wildman–Crippen LogP) is 4.61. The molecule has 1 aliphatic rings. The lowest BCUT2D eigenvalue weighted by molar-refractivity contribution is -0.170. The fourth-order valence-corrected chi connectivity index (χ4v) is 4.18. The van der Waals surface area contributed by atoms with Gasteiger partial charge in [-0.25, -0.2) is 4.79 Å². The van der Waals surface area contributed by atoms with Crippen LogP contribution in [0.2, 0.25) is 0 Å². The Morgan fingerprint density at radius 3 is 2.09 bits per heavy atom. The SMILES string of the molecule is CCC(CCC(=O)NC(CC(=O)O)C(F)(F)F)NC(=O)OCC1c2ccccc2-c2ccccc21. The summed E-state index contributed by atoms with van der Waals surface area (Å²) in [7, 11) is 0. The van der Waals surface area contributed by atoms with Gasteiger partial charge in [0, 0.05) is 18.4 Å². The number of aliphatic carboxylic acids is 1. The van der Waals surface area contributed by atoms with Crippen LogP contribution in [-0.4, -0.2) is 47.9 Å². The molecule has 188 valence electrons. The van der Waals surface area contributed by atoms with E-state index in [0.29, 0.717) is 6.42 Å². The van der Waals surface area contributed by atoms with Gasteiger partial charge in [0.2, 0.25) is 5.91 Å². The molecule has 3 rings (SSSR count). The molecule has 2 atom stereocenters. The van der Waals surface area contributed by atoms with Crippen molar-refractivity contribution in [3.63, 3.8) is 0 Å². The maximum Gasteiger partial charge on any atom is 0.409 e. The molecule has 0 fully saturated rings. The van der Waals surface area contributed by atoms with Crippen LogP contribution in [0.5, 0.6) is 0 Å². The molecule has 0 radical (unpaired) electrons. The molecular formula is C25H27F3N2O5. The number of ether oxygens (including phenoxy) is 1. The number of carbonyl (C=O) groups is 3. The number of benzene rings is 2. The van der Waals surface area contributed by atoms with E-state index >= 15 is 0 Å². The summed E-state index contributed by atoms with van der Waals surface area (Å²) in [6, 6.07) is 12.8. The molecule has 7 nitrogen and oxygen atoms in total. The van der Waals surface area contributed by atoms with E-state index in [0.717, 1.165) is 22.3 Å². The van der Waals surface area contributed by atoms with Crippen molar-refractivity contribution in [3.8, 4) is 11.1 Å². The molecule has 0 saturated heterocycles. The highest BCUT2D eigenvalue weighted by Crippen LogP contribution is 2.44. The number of alkyl carbamates (subject to hydrolysis) is 1. The summed E-state index contributed by atoms with van der Waals surface area (Å²) >= 11 is 0. The standard InChI is InChI=1S/C25H27F3N2O5/c1-2-15(11-12-22(31)30-21(13-23(32)33)25(26,27)28)29-24(34)35-14-20-18-9-5-3-7-16(18)17-8-4-6-10-19(17)20/h3-10,15,20-21H,2,11-14H2,1H3,(H,29,34)(H,30,31)(H,32,33). The van der Waals surface area contributed by atoms with E-state index in [1.807, 2.05) is 48.5 Å². The van der Waals surface area contributed by atoms with Crippen LogP contribution in [-0.2, 0) is 14.3 Å². The smallest absolute Gasteiger partial charge is 0.409 e. The second-order valence-electron chi connectivity index (χ2n) is 8.37. The van der Waals surface area contributed by atoms with Crippen LogP contribution in [0.3, 0.4) is 0 Å². The quantitative estimate of drug-likeness (QED) is 0.450. The molecule has 35 heavy (non-hydrogen) atoms. The van der Waals surface area contributed by atoms with Gasteiger partial charge in [-0.3, -0.25) is 9.59 Å². The molecule has 2 aromatic rings. The van der Waals surface area contributed by atoms with Crippen molar-refractivity contribution >= 4 is 18.0 Å². The third kappa shape index (κ3) is 6.74. The zero-order valence-electron chi connectivity index (χ0n) is 19.1. The van der Waals surface area contributed by atoms with Gasteiger partial charge in [-0.1, -0.05) is 55.5 Å². The van der Waals surface area contributed by atoms with Crippen molar-refractivity contribution in [3.05, 3.63) is 59.7 Å². The zero-order chi connectivity index (χ0) is 25.6. The molecule has 2 unspecified atom stereocenters. The van der Waals surface area contributed by atoms with Gasteiger partial charge >= 0.3 is 18.2 Å². The zero-order valence-corrected chi connectivity index (χ0v) is 19.1. The van der Waals surface area contributed by atoms with Gasteiger partial charge in [-0.05, 0) is 35.1 Å². The lowest BCUT2D eigenvalue weighted by atomic mass is 9.98. The number of hydrogen-bond donors (Lipinski definition) is 3. The van der Waals surface area contributed by atoms with Crippen molar-refractivity contribution in [2.75, 3.05) is 6.61 Å². The van der Waals surface area contributed by atoms with Crippen molar-refractivity contribution in [2.45, 2.75) is 56.8 Å². The first-order valence-electron chi connectivity index (χ1n) is 11.3. The van der Waals surface area contributed by atoms with E-state index in [-0.39, 0.29) is 25.4 Å². The summed E-state index contributed by atoms with van der Waals surface area (Å²) < 4.78 is 44.2. The Morgan fingerprint density at radius 1 is 1.00 bits per heavy atom. The summed E-state index contributed by atoms with van der Waals surface area (Å²) in [5.41, 5.74) is 4.31.